The molecule has 0 spiro atoms. The zero-order valence-electron chi connectivity index (χ0n) is 30.8. The van der Waals surface area contributed by atoms with Gasteiger partial charge in [-0.15, -0.1) is 0 Å². The molecule has 2 aliphatic carbocycles. The molecule has 0 aliphatic heterocycles. The van der Waals surface area contributed by atoms with Crippen molar-refractivity contribution < 1.29 is 0 Å². The van der Waals surface area contributed by atoms with Crippen LogP contribution in [0, 0.1) is 0 Å². The molecular formula is C50H45N. The maximum absolute atomic E-state index is 2.63. The molecule has 0 saturated carbocycles. The summed E-state index contributed by atoms with van der Waals surface area (Å²) < 4.78 is 0. The quantitative estimate of drug-likeness (QED) is 0.182. The second-order valence-electron chi connectivity index (χ2n) is 16.5. The van der Waals surface area contributed by atoms with Crippen molar-refractivity contribution >= 4 is 27.8 Å². The van der Waals surface area contributed by atoms with Gasteiger partial charge in [0.1, 0.15) is 0 Å². The van der Waals surface area contributed by atoms with Crippen molar-refractivity contribution in [3.05, 3.63) is 173 Å². The van der Waals surface area contributed by atoms with Crippen LogP contribution < -0.4 is 4.90 Å². The van der Waals surface area contributed by atoms with Crippen LogP contribution in [0.25, 0.3) is 44.2 Å². The maximum Gasteiger partial charge on any atom is 0.0556 e. The van der Waals surface area contributed by atoms with Gasteiger partial charge in [0.25, 0.3) is 0 Å². The van der Waals surface area contributed by atoms with Crippen molar-refractivity contribution in [2.75, 3.05) is 4.90 Å². The lowest BCUT2D eigenvalue weighted by Gasteiger charge is -2.39. The Morgan fingerprint density at radius 2 is 0.922 bits per heavy atom. The van der Waals surface area contributed by atoms with Crippen molar-refractivity contribution in [2.45, 2.75) is 64.7 Å². The van der Waals surface area contributed by atoms with Gasteiger partial charge in [-0.3, -0.25) is 0 Å². The zero-order chi connectivity index (χ0) is 35.3. The first kappa shape index (κ1) is 31.6. The van der Waals surface area contributed by atoms with Gasteiger partial charge in [0.15, 0.2) is 0 Å². The minimum absolute atomic E-state index is 0.102. The summed E-state index contributed by atoms with van der Waals surface area (Å²) in [4.78, 5) is 2.63. The second-order valence-corrected chi connectivity index (χ2v) is 16.5. The molecule has 0 atom stereocenters. The summed E-state index contributed by atoms with van der Waals surface area (Å²) in [6.07, 6.45) is 0. The number of anilines is 3. The zero-order valence-corrected chi connectivity index (χ0v) is 30.8. The fourth-order valence-corrected chi connectivity index (χ4v) is 9.54. The van der Waals surface area contributed by atoms with E-state index in [9.17, 15) is 0 Å². The highest BCUT2D eigenvalue weighted by Gasteiger charge is 2.50. The molecular weight excluding hydrogens is 615 g/mol. The van der Waals surface area contributed by atoms with Gasteiger partial charge in [0.05, 0.1) is 11.4 Å². The first-order valence-corrected chi connectivity index (χ1v) is 18.4. The van der Waals surface area contributed by atoms with Crippen molar-refractivity contribution in [3.63, 3.8) is 0 Å². The molecule has 0 fully saturated rings. The molecule has 2 aliphatic rings. The molecule has 0 N–H and O–H groups in total. The summed E-state index contributed by atoms with van der Waals surface area (Å²) in [5, 5.41) is 2.50. The van der Waals surface area contributed by atoms with Crippen molar-refractivity contribution in [3.8, 4) is 33.4 Å². The number of fused-ring (bicyclic) bond motifs is 7. The standard InChI is InChI=1S/C50H45N/c1-48(2,3)44-42-37-26-16-18-28-39(37)49(4,5)45(42)47(46-43(44)38-27-17-19-29-40(38)50(46,6)7)51(33-22-12-9-13-23-33)41-31-30-34(32-20-10-8-11-21-32)35-24-14-15-25-36(35)41/h8-31H,1-7H3. The van der Waals surface area contributed by atoms with Crippen LogP contribution in [0.15, 0.2) is 146 Å². The Morgan fingerprint density at radius 1 is 0.451 bits per heavy atom. The van der Waals surface area contributed by atoms with E-state index in [0.717, 1.165) is 0 Å². The average molecular weight is 660 g/mol. The Balaban J connectivity index is 1.50. The summed E-state index contributed by atoms with van der Waals surface area (Å²) in [7, 11) is 0. The molecule has 7 aromatic carbocycles. The number of hydrogen-bond acceptors (Lipinski definition) is 1. The predicted octanol–water partition coefficient (Wildman–Crippen LogP) is 13.9. The molecule has 51 heavy (non-hydrogen) atoms. The minimum atomic E-state index is -0.242. The van der Waals surface area contributed by atoms with Crippen molar-refractivity contribution in [1.82, 2.24) is 0 Å². The van der Waals surface area contributed by atoms with E-state index in [1.54, 1.807) is 0 Å². The van der Waals surface area contributed by atoms with Crippen LogP contribution in [0.5, 0.6) is 0 Å². The molecule has 9 rings (SSSR count). The van der Waals surface area contributed by atoms with Gasteiger partial charge in [-0.2, -0.15) is 0 Å². The van der Waals surface area contributed by atoms with E-state index in [1.807, 2.05) is 0 Å². The van der Waals surface area contributed by atoms with E-state index in [-0.39, 0.29) is 16.2 Å². The Bertz CT molecular complexity index is 2410. The Labute approximate surface area is 303 Å². The van der Waals surface area contributed by atoms with E-state index in [4.69, 9.17) is 0 Å². The molecule has 1 nitrogen and oxygen atoms in total. The van der Waals surface area contributed by atoms with Crippen LogP contribution in [-0.4, -0.2) is 0 Å². The molecule has 250 valence electrons. The Morgan fingerprint density at radius 3 is 1.47 bits per heavy atom. The number of para-hydroxylation sites is 1. The van der Waals surface area contributed by atoms with E-state index >= 15 is 0 Å². The monoisotopic (exact) mass is 659 g/mol. The predicted molar refractivity (Wildman–Crippen MR) is 218 cm³/mol. The highest BCUT2D eigenvalue weighted by Crippen LogP contribution is 2.65. The third-order valence-corrected chi connectivity index (χ3v) is 11.7. The molecule has 0 bridgehead atoms. The molecule has 0 amide bonds. The second kappa shape index (κ2) is 11.0. The van der Waals surface area contributed by atoms with Gasteiger partial charge < -0.3 is 4.90 Å². The summed E-state index contributed by atoms with van der Waals surface area (Å²) in [6, 6.07) is 54.0. The van der Waals surface area contributed by atoms with E-state index in [1.165, 1.54) is 89.0 Å². The number of benzene rings is 7. The first-order chi connectivity index (χ1) is 24.5. The first-order valence-electron chi connectivity index (χ1n) is 18.4. The Hall–Kier alpha value is -5.40. The van der Waals surface area contributed by atoms with Crippen LogP contribution in [0.1, 0.15) is 76.3 Å². The molecule has 0 saturated heterocycles. The fraction of sp³-hybridized carbons (Fsp3) is 0.200. The van der Waals surface area contributed by atoms with Gasteiger partial charge in [0, 0.05) is 21.9 Å². The van der Waals surface area contributed by atoms with Gasteiger partial charge in [-0.25, -0.2) is 0 Å². The third kappa shape index (κ3) is 4.47. The average Bonchev–Trinajstić information content (AvgIpc) is 3.52. The highest BCUT2D eigenvalue weighted by atomic mass is 15.2. The van der Waals surface area contributed by atoms with Gasteiger partial charge in [0.2, 0.25) is 0 Å². The van der Waals surface area contributed by atoms with E-state index in [0.29, 0.717) is 0 Å². The lowest BCUT2D eigenvalue weighted by Crippen LogP contribution is -2.28. The molecule has 0 aromatic heterocycles. The van der Waals surface area contributed by atoms with Crippen molar-refractivity contribution in [1.29, 1.82) is 0 Å². The van der Waals surface area contributed by atoms with Crippen LogP contribution >= 0.6 is 0 Å². The Kier molecular flexibility index (Phi) is 6.84. The highest BCUT2D eigenvalue weighted by molar-refractivity contribution is 6.09. The third-order valence-electron chi connectivity index (χ3n) is 11.7. The summed E-state index contributed by atoms with van der Waals surface area (Å²) in [5.74, 6) is 0. The molecule has 0 unspecified atom stereocenters. The largest absolute Gasteiger partial charge is 0.309 e. The lowest BCUT2D eigenvalue weighted by atomic mass is 9.70. The number of hydrogen-bond donors (Lipinski definition) is 0. The topological polar surface area (TPSA) is 3.24 Å². The summed E-state index contributed by atoms with van der Waals surface area (Å²) >= 11 is 0. The lowest BCUT2D eigenvalue weighted by molar-refractivity contribution is 0.587. The van der Waals surface area contributed by atoms with Crippen LogP contribution in [0.3, 0.4) is 0 Å². The van der Waals surface area contributed by atoms with E-state index in [2.05, 4.69) is 199 Å². The van der Waals surface area contributed by atoms with E-state index < -0.39 is 0 Å². The maximum atomic E-state index is 2.63. The number of rotatable bonds is 4. The fourth-order valence-electron chi connectivity index (χ4n) is 9.54. The summed E-state index contributed by atoms with van der Waals surface area (Å²) in [6.45, 7) is 17.0. The number of nitrogens with zero attached hydrogens (tertiary/aromatic N) is 1. The molecule has 0 radical (unpaired) electrons. The van der Waals surface area contributed by atoms with Gasteiger partial charge in [-0.05, 0) is 90.2 Å². The normalized spacial score (nSPS) is 14.9. The SMILES string of the molecule is CC(C)(C)c1c2c(c(N(c3ccccc3)c3ccc(-c4ccccc4)c4ccccc34)c3c1-c1ccccc1C3(C)C)C(C)(C)c1ccccc1-2. The van der Waals surface area contributed by atoms with Crippen LogP contribution in [0.4, 0.5) is 17.1 Å². The van der Waals surface area contributed by atoms with Crippen molar-refractivity contribution in [2.24, 2.45) is 0 Å². The molecule has 7 aromatic rings. The van der Waals surface area contributed by atoms with Crippen LogP contribution in [0.2, 0.25) is 0 Å². The molecule has 1 heteroatoms. The minimum Gasteiger partial charge on any atom is -0.309 e. The van der Waals surface area contributed by atoms with Crippen LogP contribution in [-0.2, 0) is 16.2 Å². The summed E-state index contributed by atoms with van der Waals surface area (Å²) in [5.41, 5.74) is 18.3. The molecule has 0 heterocycles. The van der Waals surface area contributed by atoms with Gasteiger partial charge in [-0.1, -0.05) is 176 Å². The van der Waals surface area contributed by atoms with Gasteiger partial charge >= 0.3 is 0 Å². The smallest absolute Gasteiger partial charge is 0.0556 e.